The molecule has 2 heterocycles. The highest BCUT2D eigenvalue weighted by molar-refractivity contribution is 6.31. The maximum Gasteiger partial charge on any atom is 0.269 e. The smallest absolute Gasteiger partial charge is 0.269 e. The van der Waals surface area contributed by atoms with Crippen LogP contribution < -0.4 is 4.90 Å². The molecule has 0 aliphatic carbocycles. The molecule has 0 aromatic heterocycles. The van der Waals surface area contributed by atoms with Crippen LogP contribution >= 0.6 is 11.6 Å². The van der Waals surface area contributed by atoms with Gasteiger partial charge in [0.1, 0.15) is 0 Å². The SMILES string of the molecule is CC12CC(c3ccccc3)=Nc3cc(Cl)ccc3N1C(c1ccc([N+](=O)[O-])cc1)=NO2. The zero-order chi connectivity index (χ0) is 21.6. The van der Waals surface area contributed by atoms with Gasteiger partial charge in [0.25, 0.3) is 5.69 Å². The Morgan fingerprint density at radius 2 is 1.81 bits per heavy atom. The van der Waals surface area contributed by atoms with Gasteiger partial charge in [0.05, 0.1) is 28.4 Å². The molecule has 0 saturated heterocycles. The number of fused-ring (bicyclic) bond motifs is 3. The molecular formula is C23H17ClN4O3. The van der Waals surface area contributed by atoms with Crippen LogP contribution in [0.2, 0.25) is 5.02 Å². The van der Waals surface area contributed by atoms with Crippen molar-refractivity contribution in [3.63, 3.8) is 0 Å². The minimum absolute atomic E-state index is 0.0174. The van der Waals surface area contributed by atoms with Gasteiger partial charge in [-0.15, -0.1) is 0 Å². The molecule has 0 fully saturated rings. The first-order valence-electron chi connectivity index (χ1n) is 9.68. The Balaban J connectivity index is 1.63. The van der Waals surface area contributed by atoms with Gasteiger partial charge < -0.3 is 4.84 Å². The van der Waals surface area contributed by atoms with E-state index in [9.17, 15) is 10.1 Å². The molecule has 5 rings (SSSR count). The number of anilines is 1. The van der Waals surface area contributed by atoms with Gasteiger partial charge in [-0.1, -0.05) is 47.1 Å². The minimum atomic E-state index is -0.829. The van der Waals surface area contributed by atoms with Crippen LogP contribution in [0.1, 0.15) is 24.5 Å². The number of non-ortho nitro benzene ring substituents is 1. The molecule has 3 aromatic carbocycles. The molecule has 0 spiro atoms. The predicted molar refractivity (Wildman–Crippen MR) is 120 cm³/mol. The Bertz CT molecular complexity index is 1240. The van der Waals surface area contributed by atoms with Crippen molar-refractivity contribution < 1.29 is 9.76 Å². The maximum absolute atomic E-state index is 11.0. The molecule has 0 saturated carbocycles. The van der Waals surface area contributed by atoms with Crippen LogP contribution in [0.15, 0.2) is 82.9 Å². The van der Waals surface area contributed by atoms with Gasteiger partial charge in [-0.3, -0.25) is 20.0 Å². The molecule has 0 radical (unpaired) electrons. The van der Waals surface area contributed by atoms with Crippen molar-refractivity contribution >= 4 is 40.2 Å². The molecular weight excluding hydrogens is 416 g/mol. The number of hydrogen-bond acceptors (Lipinski definition) is 6. The van der Waals surface area contributed by atoms with Gasteiger partial charge >= 0.3 is 0 Å². The van der Waals surface area contributed by atoms with Gasteiger partial charge in [-0.25, -0.2) is 0 Å². The Morgan fingerprint density at radius 1 is 1.06 bits per heavy atom. The first kappa shape index (κ1) is 19.3. The molecule has 0 N–H and O–H groups in total. The van der Waals surface area contributed by atoms with Crippen LogP contribution in [0, 0.1) is 10.1 Å². The second-order valence-corrected chi connectivity index (χ2v) is 7.99. The number of hydrogen-bond donors (Lipinski definition) is 0. The largest absolute Gasteiger partial charge is 0.365 e. The highest BCUT2D eigenvalue weighted by Gasteiger charge is 2.46. The summed E-state index contributed by atoms with van der Waals surface area (Å²) in [6.45, 7) is 1.96. The molecule has 8 heteroatoms. The molecule has 2 aliphatic heterocycles. The first-order valence-corrected chi connectivity index (χ1v) is 10.1. The number of nitrogens with zero attached hydrogens (tertiary/aromatic N) is 4. The average Bonchev–Trinajstić information content (AvgIpc) is 3.04. The summed E-state index contributed by atoms with van der Waals surface area (Å²) < 4.78 is 0. The number of nitro benzene ring substituents is 1. The standard InChI is InChI=1S/C23H17ClN4O3/c1-23-14-20(15-5-3-2-4-6-15)25-19-13-17(24)9-12-21(19)27(23)22(26-31-23)16-7-10-18(11-8-16)28(29)30/h2-13H,14H2,1H3. The summed E-state index contributed by atoms with van der Waals surface area (Å²) in [7, 11) is 0. The molecule has 1 unspecified atom stereocenters. The molecule has 1 atom stereocenters. The summed E-state index contributed by atoms with van der Waals surface area (Å²) in [4.78, 5) is 23.5. The van der Waals surface area contributed by atoms with Crippen molar-refractivity contribution in [1.82, 2.24) is 0 Å². The van der Waals surface area contributed by atoms with E-state index >= 15 is 0 Å². The van der Waals surface area contributed by atoms with E-state index in [4.69, 9.17) is 21.4 Å². The van der Waals surface area contributed by atoms with Gasteiger partial charge in [0.15, 0.2) is 5.84 Å². The second kappa shape index (κ2) is 7.21. The summed E-state index contributed by atoms with van der Waals surface area (Å²) >= 11 is 6.29. The van der Waals surface area contributed by atoms with Gasteiger partial charge in [-0.05, 0) is 42.8 Å². The lowest BCUT2D eigenvalue weighted by molar-refractivity contribution is -0.384. The van der Waals surface area contributed by atoms with Crippen molar-refractivity contribution in [2.45, 2.75) is 19.1 Å². The predicted octanol–water partition coefficient (Wildman–Crippen LogP) is 5.69. The normalized spacial score (nSPS) is 19.5. The number of oxime groups is 1. The third-order valence-corrected chi connectivity index (χ3v) is 5.62. The van der Waals surface area contributed by atoms with Gasteiger partial charge in [0.2, 0.25) is 5.72 Å². The molecule has 0 bridgehead atoms. The fourth-order valence-electron chi connectivity index (χ4n) is 3.91. The topological polar surface area (TPSA) is 80.3 Å². The molecule has 3 aromatic rings. The Hall–Kier alpha value is -3.71. The summed E-state index contributed by atoms with van der Waals surface area (Å²) in [6.07, 6.45) is 0.475. The molecule has 154 valence electrons. The molecule has 31 heavy (non-hydrogen) atoms. The van der Waals surface area contributed by atoms with Crippen molar-refractivity contribution in [1.29, 1.82) is 0 Å². The number of halogens is 1. The molecule has 2 aliphatic rings. The van der Waals surface area contributed by atoms with Crippen LogP contribution in [0.5, 0.6) is 0 Å². The summed E-state index contributed by atoms with van der Waals surface area (Å²) in [6, 6.07) is 21.7. The average molecular weight is 433 g/mol. The van der Waals surface area contributed by atoms with E-state index in [1.54, 1.807) is 18.2 Å². The molecule has 7 nitrogen and oxygen atoms in total. The summed E-state index contributed by atoms with van der Waals surface area (Å²) in [5.74, 6) is 0.561. The van der Waals surface area contributed by atoms with Gasteiger partial charge in [0, 0.05) is 22.7 Å². The number of aliphatic imine (C=N–C) groups is 1. The highest BCUT2D eigenvalue weighted by Crippen LogP contribution is 2.44. The van der Waals surface area contributed by atoms with E-state index in [2.05, 4.69) is 5.16 Å². The van der Waals surface area contributed by atoms with Crippen molar-refractivity contribution in [3.8, 4) is 0 Å². The third-order valence-electron chi connectivity index (χ3n) is 5.39. The maximum atomic E-state index is 11.0. The fourth-order valence-corrected chi connectivity index (χ4v) is 4.08. The number of rotatable bonds is 3. The number of nitro groups is 1. The van der Waals surface area contributed by atoms with Crippen LogP contribution in [0.25, 0.3) is 0 Å². The Labute approximate surface area is 183 Å². The number of amidine groups is 1. The first-order chi connectivity index (χ1) is 14.9. The molecule has 0 amide bonds. The van der Waals surface area contributed by atoms with Crippen molar-refractivity contribution in [2.24, 2.45) is 10.1 Å². The van der Waals surface area contributed by atoms with Crippen LogP contribution in [0.4, 0.5) is 17.1 Å². The summed E-state index contributed by atoms with van der Waals surface area (Å²) in [5, 5.41) is 16.0. The van der Waals surface area contributed by atoms with E-state index in [1.165, 1.54) is 12.1 Å². The number of benzene rings is 3. The lowest BCUT2D eigenvalue weighted by Crippen LogP contribution is -2.47. The summed E-state index contributed by atoms with van der Waals surface area (Å²) in [5.41, 5.74) is 3.24. The monoisotopic (exact) mass is 432 g/mol. The minimum Gasteiger partial charge on any atom is -0.365 e. The second-order valence-electron chi connectivity index (χ2n) is 7.55. The lowest BCUT2D eigenvalue weighted by atomic mass is 9.99. The van der Waals surface area contributed by atoms with Gasteiger partial charge in [-0.2, -0.15) is 0 Å². The van der Waals surface area contributed by atoms with Crippen LogP contribution in [-0.4, -0.2) is 22.2 Å². The fraction of sp³-hybridized carbons (Fsp3) is 0.130. The zero-order valence-corrected chi connectivity index (χ0v) is 17.3. The Kier molecular flexibility index (Phi) is 4.48. The zero-order valence-electron chi connectivity index (χ0n) is 16.5. The lowest BCUT2D eigenvalue weighted by Gasteiger charge is -2.33. The van der Waals surface area contributed by atoms with E-state index in [1.807, 2.05) is 54.3 Å². The highest BCUT2D eigenvalue weighted by atomic mass is 35.5. The van der Waals surface area contributed by atoms with Crippen LogP contribution in [-0.2, 0) is 4.84 Å². The van der Waals surface area contributed by atoms with Crippen molar-refractivity contribution in [2.75, 3.05) is 4.90 Å². The Morgan fingerprint density at radius 3 is 2.52 bits per heavy atom. The third kappa shape index (κ3) is 3.33. The van der Waals surface area contributed by atoms with Crippen LogP contribution in [0.3, 0.4) is 0 Å². The quantitative estimate of drug-likeness (QED) is 0.393. The van der Waals surface area contributed by atoms with E-state index < -0.39 is 10.6 Å². The van der Waals surface area contributed by atoms with E-state index in [0.29, 0.717) is 28.5 Å². The van der Waals surface area contributed by atoms with Crippen molar-refractivity contribution in [3.05, 3.63) is 99.1 Å². The van der Waals surface area contributed by atoms with E-state index in [-0.39, 0.29) is 5.69 Å². The van der Waals surface area contributed by atoms with E-state index in [0.717, 1.165) is 17.0 Å².